The quantitative estimate of drug-likeness (QED) is 0.839. The molecule has 1 aliphatic rings. The van der Waals surface area contributed by atoms with Crippen molar-refractivity contribution in [2.75, 3.05) is 6.79 Å². The van der Waals surface area contributed by atoms with Gasteiger partial charge < -0.3 is 14.8 Å². The van der Waals surface area contributed by atoms with Crippen molar-refractivity contribution in [3.05, 3.63) is 53.9 Å². The fraction of sp³-hybridized carbons (Fsp3) is 0.133. The molecule has 0 spiro atoms. The van der Waals surface area contributed by atoms with Gasteiger partial charge in [-0.05, 0) is 42.0 Å². The van der Waals surface area contributed by atoms with Crippen LogP contribution in [0.15, 0.2) is 42.7 Å². The molecule has 0 atom stereocenters. The van der Waals surface area contributed by atoms with Gasteiger partial charge in [-0.15, -0.1) is 0 Å². The van der Waals surface area contributed by atoms with E-state index >= 15 is 0 Å². The van der Waals surface area contributed by atoms with Gasteiger partial charge in [0.2, 0.25) is 6.79 Å². The molecule has 1 aromatic heterocycles. The first-order chi connectivity index (χ1) is 10.7. The molecular weight excluding hydrogens is 302 g/mol. The van der Waals surface area contributed by atoms with Crippen molar-refractivity contribution in [1.82, 2.24) is 15.6 Å². The zero-order valence-corrected chi connectivity index (χ0v) is 12.4. The molecule has 0 saturated carbocycles. The van der Waals surface area contributed by atoms with E-state index in [0.29, 0.717) is 23.6 Å². The summed E-state index contributed by atoms with van der Waals surface area (Å²) in [6.07, 6.45) is 3.43. The highest BCUT2D eigenvalue weighted by atomic mass is 32.1. The van der Waals surface area contributed by atoms with Crippen LogP contribution in [0, 0.1) is 0 Å². The van der Waals surface area contributed by atoms with Crippen LogP contribution >= 0.6 is 12.2 Å². The molecule has 0 unspecified atom stereocenters. The van der Waals surface area contributed by atoms with Crippen LogP contribution in [0.1, 0.15) is 15.9 Å². The van der Waals surface area contributed by atoms with Crippen LogP contribution in [0.5, 0.6) is 11.5 Å². The molecule has 2 heterocycles. The zero-order chi connectivity index (χ0) is 15.4. The van der Waals surface area contributed by atoms with E-state index < -0.39 is 0 Å². The van der Waals surface area contributed by atoms with E-state index in [2.05, 4.69) is 15.6 Å². The number of ether oxygens (including phenoxy) is 2. The number of carbonyl (C=O) groups excluding carboxylic acids is 1. The Morgan fingerprint density at radius 2 is 2.14 bits per heavy atom. The highest BCUT2D eigenvalue weighted by Gasteiger charge is 2.16. The molecule has 0 aliphatic carbocycles. The third-order valence-corrected chi connectivity index (χ3v) is 3.28. The molecule has 0 saturated heterocycles. The summed E-state index contributed by atoms with van der Waals surface area (Å²) in [6, 6.07) is 8.74. The molecule has 3 rings (SSSR count). The molecule has 2 aromatic rings. The van der Waals surface area contributed by atoms with E-state index in [1.54, 1.807) is 30.6 Å². The van der Waals surface area contributed by atoms with Crippen LogP contribution in [0.3, 0.4) is 0 Å². The molecule has 22 heavy (non-hydrogen) atoms. The minimum absolute atomic E-state index is 0.172. The second kappa shape index (κ2) is 6.40. The first kappa shape index (κ1) is 14.3. The fourth-order valence-electron chi connectivity index (χ4n) is 1.94. The number of thiocarbonyl (C=S) groups is 1. The predicted molar refractivity (Wildman–Crippen MR) is 83.7 cm³/mol. The lowest BCUT2D eigenvalue weighted by atomic mass is 10.2. The molecule has 0 fully saturated rings. The molecule has 1 aliphatic heterocycles. The number of pyridine rings is 1. The normalized spacial score (nSPS) is 11.8. The van der Waals surface area contributed by atoms with Crippen molar-refractivity contribution in [3.63, 3.8) is 0 Å². The maximum atomic E-state index is 12.1. The minimum Gasteiger partial charge on any atom is -0.454 e. The van der Waals surface area contributed by atoms with Crippen molar-refractivity contribution in [1.29, 1.82) is 0 Å². The van der Waals surface area contributed by atoms with Gasteiger partial charge in [0, 0.05) is 24.5 Å². The number of carbonyl (C=O) groups is 1. The maximum Gasteiger partial charge on any atom is 0.257 e. The van der Waals surface area contributed by atoms with Gasteiger partial charge in [0.1, 0.15) is 0 Å². The predicted octanol–water partition coefficient (Wildman–Crippen LogP) is 1.61. The van der Waals surface area contributed by atoms with Crippen LogP contribution in [-0.4, -0.2) is 22.8 Å². The summed E-state index contributed by atoms with van der Waals surface area (Å²) in [6.45, 7) is 0.666. The van der Waals surface area contributed by atoms with Crippen LogP contribution in [0.25, 0.3) is 0 Å². The summed E-state index contributed by atoms with van der Waals surface area (Å²) in [5.41, 5.74) is 1.43. The summed E-state index contributed by atoms with van der Waals surface area (Å²) in [7, 11) is 0. The zero-order valence-electron chi connectivity index (χ0n) is 11.5. The number of hydrogen-bond acceptors (Lipinski definition) is 5. The first-order valence-corrected chi connectivity index (χ1v) is 7.01. The number of hydrogen-bond donors (Lipinski definition) is 2. The molecule has 0 bridgehead atoms. The highest BCUT2D eigenvalue weighted by Crippen LogP contribution is 2.32. The largest absolute Gasteiger partial charge is 0.454 e. The van der Waals surface area contributed by atoms with Gasteiger partial charge in [0.05, 0.1) is 0 Å². The highest BCUT2D eigenvalue weighted by molar-refractivity contribution is 7.80. The fourth-order valence-corrected chi connectivity index (χ4v) is 2.11. The number of fused-ring (bicyclic) bond motifs is 1. The Labute approximate surface area is 132 Å². The van der Waals surface area contributed by atoms with E-state index in [1.807, 2.05) is 12.1 Å². The summed E-state index contributed by atoms with van der Waals surface area (Å²) < 4.78 is 10.4. The van der Waals surface area contributed by atoms with E-state index in [9.17, 15) is 4.79 Å². The monoisotopic (exact) mass is 315 g/mol. The Balaban J connectivity index is 1.56. The number of rotatable bonds is 3. The smallest absolute Gasteiger partial charge is 0.257 e. The van der Waals surface area contributed by atoms with Crippen LogP contribution in [0.2, 0.25) is 0 Å². The Bertz CT molecular complexity index is 706. The van der Waals surface area contributed by atoms with Crippen molar-refractivity contribution in [3.8, 4) is 11.5 Å². The van der Waals surface area contributed by atoms with E-state index in [0.717, 1.165) is 5.56 Å². The Kier molecular flexibility index (Phi) is 4.15. The number of nitrogens with one attached hydrogen (secondary N) is 2. The second-order valence-corrected chi connectivity index (χ2v) is 4.97. The number of nitrogens with zero attached hydrogens (tertiary/aromatic N) is 1. The molecule has 1 amide bonds. The van der Waals surface area contributed by atoms with Gasteiger partial charge in [-0.3, -0.25) is 15.1 Å². The van der Waals surface area contributed by atoms with Gasteiger partial charge in [-0.25, -0.2) is 0 Å². The van der Waals surface area contributed by atoms with E-state index in [-0.39, 0.29) is 17.8 Å². The Morgan fingerprint density at radius 1 is 1.27 bits per heavy atom. The van der Waals surface area contributed by atoms with Crippen LogP contribution < -0.4 is 20.1 Å². The SMILES string of the molecule is O=C(NC(=S)NCc1cccnc1)c1ccc2c(c1)OCO2. The van der Waals surface area contributed by atoms with Crippen LogP contribution in [0.4, 0.5) is 0 Å². The van der Waals surface area contributed by atoms with Crippen molar-refractivity contribution in [2.24, 2.45) is 0 Å². The topological polar surface area (TPSA) is 72.5 Å². The molecule has 1 aromatic carbocycles. The standard InChI is InChI=1S/C15H13N3O3S/c19-14(11-3-4-12-13(6-11)21-9-20-12)18-15(22)17-8-10-2-1-5-16-7-10/h1-7H,8-9H2,(H2,17,18,19,22). The maximum absolute atomic E-state index is 12.1. The van der Waals surface area contributed by atoms with Gasteiger partial charge in [0.15, 0.2) is 16.6 Å². The molecule has 2 N–H and O–H groups in total. The summed E-state index contributed by atoms with van der Waals surface area (Å²) in [5.74, 6) is 0.887. The van der Waals surface area contributed by atoms with Crippen molar-refractivity contribution < 1.29 is 14.3 Å². The van der Waals surface area contributed by atoms with Gasteiger partial charge >= 0.3 is 0 Å². The number of amides is 1. The molecule has 0 radical (unpaired) electrons. The summed E-state index contributed by atoms with van der Waals surface area (Å²) in [4.78, 5) is 16.1. The van der Waals surface area contributed by atoms with Gasteiger partial charge in [-0.2, -0.15) is 0 Å². The minimum atomic E-state index is -0.304. The van der Waals surface area contributed by atoms with Crippen molar-refractivity contribution in [2.45, 2.75) is 6.54 Å². The third-order valence-electron chi connectivity index (χ3n) is 3.04. The third kappa shape index (κ3) is 3.32. The van der Waals surface area contributed by atoms with Gasteiger partial charge in [-0.1, -0.05) is 6.07 Å². The molecule has 7 heteroatoms. The van der Waals surface area contributed by atoms with E-state index in [1.165, 1.54) is 0 Å². The molecule has 112 valence electrons. The Hall–Kier alpha value is -2.67. The lowest BCUT2D eigenvalue weighted by molar-refractivity contribution is 0.0976. The lowest BCUT2D eigenvalue weighted by Crippen LogP contribution is -2.38. The Morgan fingerprint density at radius 3 is 2.95 bits per heavy atom. The average molecular weight is 315 g/mol. The summed E-state index contributed by atoms with van der Waals surface area (Å²) in [5, 5.41) is 5.83. The van der Waals surface area contributed by atoms with Crippen molar-refractivity contribution >= 4 is 23.2 Å². The lowest BCUT2D eigenvalue weighted by Gasteiger charge is -2.09. The average Bonchev–Trinajstić information content (AvgIpc) is 3.01. The van der Waals surface area contributed by atoms with Gasteiger partial charge in [0.25, 0.3) is 5.91 Å². The molecular formula is C15H13N3O3S. The van der Waals surface area contributed by atoms with Crippen LogP contribution in [-0.2, 0) is 6.54 Å². The number of benzene rings is 1. The second-order valence-electron chi connectivity index (χ2n) is 4.57. The molecule has 6 nitrogen and oxygen atoms in total. The summed E-state index contributed by atoms with van der Waals surface area (Å²) >= 11 is 5.11. The number of aromatic nitrogens is 1. The first-order valence-electron chi connectivity index (χ1n) is 6.60. The van der Waals surface area contributed by atoms with E-state index in [4.69, 9.17) is 21.7 Å².